The fourth-order valence-electron chi connectivity index (χ4n) is 4.21. The van der Waals surface area contributed by atoms with Gasteiger partial charge in [0.15, 0.2) is 11.5 Å². The molecule has 0 atom stereocenters. The maximum Gasteiger partial charge on any atom is 0.272 e. The van der Waals surface area contributed by atoms with Crippen LogP contribution >= 0.6 is 0 Å². The first kappa shape index (κ1) is 19.1. The number of hydrogen-bond donors (Lipinski definition) is 0. The van der Waals surface area contributed by atoms with Crippen molar-refractivity contribution in [3.8, 4) is 17.1 Å². The van der Waals surface area contributed by atoms with Gasteiger partial charge in [0, 0.05) is 32.0 Å². The predicted molar refractivity (Wildman–Crippen MR) is 111 cm³/mol. The number of piperidine rings is 1. The maximum absolute atomic E-state index is 13.5. The van der Waals surface area contributed by atoms with Crippen molar-refractivity contribution in [2.75, 3.05) is 26.3 Å². The molecule has 1 spiro atoms. The van der Waals surface area contributed by atoms with Gasteiger partial charge in [0.1, 0.15) is 11.4 Å². The van der Waals surface area contributed by atoms with Crippen LogP contribution in [-0.4, -0.2) is 52.7 Å². The van der Waals surface area contributed by atoms with Gasteiger partial charge in [-0.05, 0) is 43.2 Å². The molecule has 2 aromatic heterocycles. The summed E-state index contributed by atoms with van der Waals surface area (Å²) in [7, 11) is 0. The zero-order valence-corrected chi connectivity index (χ0v) is 17.3. The zero-order chi connectivity index (χ0) is 20.7. The van der Waals surface area contributed by atoms with Crippen molar-refractivity contribution < 1.29 is 18.7 Å². The summed E-state index contributed by atoms with van der Waals surface area (Å²) < 4.78 is 18.9. The van der Waals surface area contributed by atoms with Crippen molar-refractivity contribution in [1.82, 2.24) is 14.7 Å². The van der Waals surface area contributed by atoms with Crippen LogP contribution in [-0.2, 0) is 9.47 Å². The van der Waals surface area contributed by atoms with E-state index in [2.05, 4.69) is 12.1 Å². The molecular formula is C23H25N3O4. The summed E-state index contributed by atoms with van der Waals surface area (Å²) in [6, 6.07) is 11.6. The van der Waals surface area contributed by atoms with Crippen LogP contribution < -0.4 is 0 Å². The second-order valence-electron chi connectivity index (χ2n) is 7.99. The van der Waals surface area contributed by atoms with Crippen LogP contribution in [0.1, 0.15) is 34.5 Å². The number of rotatable bonds is 3. The SMILES string of the molecule is Cc1ccc(C)c(-n2nc(-c3ccco3)cc2C(=O)N2CCC3(CC2)OCCO3)c1. The van der Waals surface area contributed by atoms with Gasteiger partial charge in [0.25, 0.3) is 5.91 Å². The number of carbonyl (C=O) groups is 1. The van der Waals surface area contributed by atoms with E-state index < -0.39 is 5.79 Å². The number of furan rings is 1. The van der Waals surface area contributed by atoms with E-state index in [1.807, 2.05) is 43.0 Å². The Morgan fingerprint density at radius 1 is 1.07 bits per heavy atom. The van der Waals surface area contributed by atoms with Crippen molar-refractivity contribution in [2.24, 2.45) is 0 Å². The van der Waals surface area contributed by atoms with E-state index in [4.69, 9.17) is 19.0 Å². The maximum atomic E-state index is 13.5. The highest BCUT2D eigenvalue weighted by atomic mass is 16.7. The Morgan fingerprint density at radius 2 is 1.83 bits per heavy atom. The first-order chi connectivity index (χ1) is 14.5. The molecule has 2 fully saturated rings. The van der Waals surface area contributed by atoms with E-state index in [1.54, 1.807) is 10.9 Å². The van der Waals surface area contributed by atoms with Crippen molar-refractivity contribution >= 4 is 5.91 Å². The molecule has 0 unspecified atom stereocenters. The Hall–Kier alpha value is -2.90. The lowest BCUT2D eigenvalue weighted by Crippen LogP contribution is -2.47. The molecule has 5 rings (SSSR count). The van der Waals surface area contributed by atoms with Gasteiger partial charge in [-0.25, -0.2) is 4.68 Å². The average Bonchev–Trinajstić information content (AvgIpc) is 3.50. The molecule has 0 radical (unpaired) electrons. The first-order valence-electron chi connectivity index (χ1n) is 10.3. The molecule has 156 valence electrons. The van der Waals surface area contributed by atoms with Crippen molar-refractivity contribution in [2.45, 2.75) is 32.5 Å². The number of aryl methyl sites for hydroxylation is 2. The standard InChI is InChI=1S/C23H25N3O4/c1-16-5-6-17(2)19(14-16)26-20(15-18(24-26)21-4-3-11-28-21)22(27)25-9-7-23(8-10-25)29-12-13-30-23/h3-6,11,14-15H,7-10,12-13H2,1-2H3. The molecule has 2 aliphatic rings. The molecule has 7 heteroatoms. The average molecular weight is 407 g/mol. The molecule has 0 aliphatic carbocycles. The van der Waals surface area contributed by atoms with Gasteiger partial charge in [-0.1, -0.05) is 12.1 Å². The second-order valence-corrected chi connectivity index (χ2v) is 7.99. The third-order valence-corrected chi connectivity index (χ3v) is 5.92. The highest BCUT2D eigenvalue weighted by molar-refractivity contribution is 5.94. The van der Waals surface area contributed by atoms with Crippen molar-refractivity contribution in [3.05, 3.63) is 59.5 Å². The van der Waals surface area contributed by atoms with Gasteiger partial charge in [0.05, 0.1) is 25.2 Å². The Bertz CT molecular complexity index is 1050. The van der Waals surface area contributed by atoms with Gasteiger partial charge in [-0.2, -0.15) is 5.10 Å². The summed E-state index contributed by atoms with van der Waals surface area (Å²) in [6.07, 6.45) is 2.97. The smallest absolute Gasteiger partial charge is 0.272 e. The largest absolute Gasteiger partial charge is 0.463 e. The van der Waals surface area contributed by atoms with Crippen molar-refractivity contribution in [3.63, 3.8) is 0 Å². The molecule has 3 aromatic rings. The molecule has 2 aliphatic heterocycles. The highest BCUT2D eigenvalue weighted by Crippen LogP contribution is 2.32. The summed E-state index contributed by atoms with van der Waals surface area (Å²) in [4.78, 5) is 15.4. The Balaban J connectivity index is 1.50. The Labute approximate surface area is 175 Å². The molecule has 4 heterocycles. The zero-order valence-electron chi connectivity index (χ0n) is 17.3. The van der Waals surface area contributed by atoms with Crippen LogP contribution in [0.5, 0.6) is 0 Å². The van der Waals surface area contributed by atoms with E-state index in [1.165, 1.54) is 0 Å². The van der Waals surface area contributed by atoms with Crippen LogP contribution in [0.25, 0.3) is 17.1 Å². The van der Waals surface area contributed by atoms with Crippen LogP contribution in [0.4, 0.5) is 0 Å². The van der Waals surface area contributed by atoms with Gasteiger partial charge in [-0.15, -0.1) is 0 Å². The van der Waals surface area contributed by atoms with E-state index in [0.717, 1.165) is 16.8 Å². The van der Waals surface area contributed by atoms with Gasteiger partial charge < -0.3 is 18.8 Å². The monoisotopic (exact) mass is 407 g/mol. The van der Waals surface area contributed by atoms with E-state index >= 15 is 0 Å². The lowest BCUT2D eigenvalue weighted by molar-refractivity contribution is -0.181. The predicted octanol–water partition coefficient (Wildman–Crippen LogP) is 3.73. The minimum atomic E-state index is -0.510. The van der Waals surface area contributed by atoms with E-state index in [9.17, 15) is 4.79 Å². The fraction of sp³-hybridized carbons (Fsp3) is 0.391. The molecule has 0 saturated carbocycles. The molecule has 0 bridgehead atoms. The normalized spacial score (nSPS) is 18.3. The molecular weight excluding hydrogens is 382 g/mol. The number of aromatic nitrogens is 2. The minimum Gasteiger partial charge on any atom is -0.463 e. The van der Waals surface area contributed by atoms with Crippen LogP contribution in [0.15, 0.2) is 47.1 Å². The number of likely N-dealkylation sites (tertiary alicyclic amines) is 1. The quantitative estimate of drug-likeness (QED) is 0.662. The van der Waals surface area contributed by atoms with Crippen LogP contribution in [0.2, 0.25) is 0 Å². The minimum absolute atomic E-state index is 0.0472. The molecule has 2 saturated heterocycles. The number of ether oxygens (including phenoxy) is 2. The van der Waals surface area contributed by atoms with Gasteiger partial charge in [0.2, 0.25) is 0 Å². The third-order valence-electron chi connectivity index (χ3n) is 5.92. The van der Waals surface area contributed by atoms with Crippen LogP contribution in [0.3, 0.4) is 0 Å². The summed E-state index contributed by atoms with van der Waals surface area (Å²) >= 11 is 0. The number of amides is 1. The summed E-state index contributed by atoms with van der Waals surface area (Å²) in [5, 5.41) is 4.74. The van der Waals surface area contributed by atoms with Crippen molar-refractivity contribution in [1.29, 1.82) is 0 Å². The summed E-state index contributed by atoms with van der Waals surface area (Å²) in [5.74, 6) is 0.0799. The topological polar surface area (TPSA) is 69.7 Å². The Kier molecular flexibility index (Phi) is 4.72. The van der Waals surface area contributed by atoms with Gasteiger partial charge in [-0.3, -0.25) is 4.79 Å². The second kappa shape index (κ2) is 7.41. The molecule has 7 nitrogen and oxygen atoms in total. The number of carbonyl (C=O) groups excluding carboxylic acids is 1. The fourth-order valence-corrected chi connectivity index (χ4v) is 4.21. The number of hydrogen-bond acceptors (Lipinski definition) is 5. The lowest BCUT2D eigenvalue weighted by Gasteiger charge is -2.37. The Morgan fingerprint density at radius 3 is 2.53 bits per heavy atom. The molecule has 30 heavy (non-hydrogen) atoms. The van der Waals surface area contributed by atoms with E-state index in [-0.39, 0.29) is 5.91 Å². The highest BCUT2D eigenvalue weighted by Gasteiger charge is 2.41. The van der Waals surface area contributed by atoms with E-state index in [0.29, 0.717) is 56.3 Å². The number of nitrogens with zero attached hydrogens (tertiary/aromatic N) is 3. The molecule has 1 aromatic carbocycles. The lowest BCUT2D eigenvalue weighted by atomic mass is 10.0. The molecule has 1 amide bonds. The van der Waals surface area contributed by atoms with Crippen LogP contribution in [0, 0.1) is 13.8 Å². The molecule has 0 N–H and O–H groups in total. The van der Waals surface area contributed by atoms with Gasteiger partial charge >= 0.3 is 0 Å². The third kappa shape index (κ3) is 3.34. The summed E-state index contributed by atoms with van der Waals surface area (Å²) in [6.45, 7) is 6.49. The number of benzene rings is 1. The summed E-state index contributed by atoms with van der Waals surface area (Å²) in [5.41, 5.74) is 4.22. The first-order valence-corrected chi connectivity index (χ1v) is 10.3.